The van der Waals surface area contributed by atoms with Gasteiger partial charge in [-0.25, -0.2) is 0 Å². The summed E-state index contributed by atoms with van der Waals surface area (Å²) in [5, 5.41) is 4.62. The molecule has 5 heteroatoms. The molecule has 0 saturated carbocycles. The van der Waals surface area contributed by atoms with E-state index in [2.05, 4.69) is 17.3 Å². The van der Waals surface area contributed by atoms with Crippen LogP contribution >= 0.6 is 11.6 Å². The Morgan fingerprint density at radius 3 is 2.67 bits per heavy atom. The molecule has 3 aromatic rings. The van der Waals surface area contributed by atoms with Crippen molar-refractivity contribution in [3.8, 4) is 11.3 Å². The second-order valence-corrected chi connectivity index (χ2v) is 7.61. The van der Waals surface area contributed by atoms with Crippen molar-refractivity contribution >= 4 is 17.5 Å². The standard InChI is InChI=1S/C22H21ClN2O2/c1-15-2-6-18(7-3-15)21-20(13-24-27-21)22(26)25-11-10-17(14-25)12-16-4-8-19(23)9-5-16/h2-9,13,17H,10-12,14H2,1H3. The van der Waals surface area contributed by atoms with Gasteiger partial charge in [-0.3, -0.25) is 4.79 Å². The molecule has 27 heavy (non-hydrogen) atoms. The Morgan fingerprint density at radius 2 is 1.93 bits per heavy atom. The largest absolute Gasteiger partial charge is 0.355 e. The monoisotopic (exact) mass is 380 g/mol. The number of aryl methyl sites for hydroxylation is 1. The number of aromatic nitrogens is 1. The van der Waals surface area contributed by atoms with Gasteiger partial charge in [0.05, 0.1) is 6.20 Å². The summed E-state index contributed by atoms with van der Waals surface area (Å²) in [5.41, 5.74) is 3.82. The van der Waals surface area contributed by atoms with Gasteiger partial charge in [-0.2, -0.15) is 0 Å². The van der Waals surface area contributed by atoms with E-state index < -0.39 is 0 Å². The van der Waals surface area contributed by atoms with Crippen LogP contribution in [0.2, 0.25) is 5.02 Å². The summed E-state index contributed by atoms with van der Waals surface area (Å²) in [6.45, 7) is 3.54. The number of hydrogen-bond donors (Lipinski definition) is 0. The Morgan fingerprint density at radius 1 is 1.19 bits per heavy atom. The van der Waals surface area contributed by atoms with Crippen LogP contribution in [0.5, 0.6) is 0 Å². The van der Waals surface area contributed by atoms with Crippen molar-refractivity contribution in [2.75, 3.05) is 13.1 Å². The summed E-state index contributed by atoms with van der Waals surface area (Å²) in [6.07, 6.45) is 3.49. The van der Waals surface area contributed by atoms with Crippen LogP contribution < -0.4 is 0 Å². The van der Waals surface area contributed by atoms with Crippen LogP contribution in [0.15, 0.2) is 59.3 Å². The van der Waals surface area contributed by atoms with Gasteiger partial charge in [0, 0.05) is 23.7 Å². The Balaban J connectivity index is 1.46. The van der Waals surface area contributed by atoms with E-state index in [1.165, 1.54) is 11.8 Å². The number of hydrogen-bond acceptors (Lipinski definition) is 3. The molecule has 0 bridgehead atoms. The third kappa shape index (κ3) is 3.91. The molecule has 2 heterocycles. The van der Waals surface area contributed by atoms with Gasteiger partial charge in [-0.05, 0) is 43.4 Å². The molecule has 0 spiro atoms. The predicted octanol–water partition coefficient (Wildman–Crippen LogP) is 5.01. The Kier molecular flexibility index (Phi) is 4.99. The van der Waals surface area contributed by atoms with Gasteiger partial charge in [0.1, 0.15) is 5.56 Å². The summed E-state index contributed by atoms with van der Waals surface area (Å²) >= 11 is 5.96. The zero-order chi connectivity index (χ0) is 18.8. The van der Waals surface area contributed by atoms with Gasteiger partial charge in [0.15, 0.2) is 5.76 Å². The summed E-state index contributed by atoms with van der Waals surface area (Å²) in [5.74, 6) is 0.990. The summed E-state index contributed by atoms with van der Waals surface area (Å²) in [7, 11) is 0. The Bertz CT molecular complexity index is 932. The number of amides is 1. The van der Waals surface area contributed by atoms with Crippen molar-refractivity contribution in [1.82, 2.24) is 10.1 Å². The lowest BCUT2D eigenvalue weighted by Crippen LogP contribution is -2.29. The molecule has 1 fully saturated rings. The second-order valence-electron chi connectivity index (χ2n) is 7.17. The third-order valence-corrected chi connectivity index (χ3v) is 5.38. The number of halogens is 1. The van der Waals surface area contributed by atoms with Gasteiger partial charge in [-0.1, -0.05) is 58.7 Å². The normalized spacial score (nSPS) is 16.7. The van der Waals surface area contributed by atoms with Crippen LogP contribution in [0.25, 0.3) is 11.3 Å². The fourth-order valence-electron chi connectivity index (χ4n) is 3.61. The van der Waals surface area contributed by atoms with Gasteiger partial charge in [0.2, 0.25) is 0 Å². The third-order valence-electron chi connectivity index (χ3n) is 5.13. The van der Waals surface area contributed by atoms with E-state index in [1.807, 2.05) is 48.2 Å². The zero-order valence-corrected chi connectivity index (χ0v) is 15.9. The first-order valence-electron chi connectivity index (χ1n) is 9.15. The Hall–Kier alpha value is -2.59. The highest BCUT2D eigenvalue weighted by Crippen LogP contribution is 2.28. The number of nitrogens with zero attached hydrogens (tertiary/aromatic N) is 2. The van der Waals surface area contributed by atoms with E-state index in [0.29, 0.717) is 17.2 Å². The number of carbonyl (C=O) groups is 1. The lowest BCUT2D eigenvalue weighted by atomic mass is 9.99. The molecule has 4 rings (SSSR count). The molecule has 2 aromatic carbocycles. The van der Waals surface area contributed by atoms with Crippen LogP contribution in [0.3, 0.4) is 0 Å². The van der Waals surface area contributed by atoms with E-state index in [0.717, 1.165) is 42.1 Å². The highest BCUT2D eigenvalue weighted by atomic mass is 35.5. The zero-order valence-electron chi connectivity index (χ0n) is 15.2. The first-order chi connectivity index (χ1) is 13.1. The molecule has 0 radical (unpaired) electrons. The smallest absolute Gasteiger partial charge is 0.259 e. The molecule has 1 aliphatic rings. The van der Waals surface area contributed by atoms with Gasteiger partial charge in [0.25, 0.3) is 5.91 Å². The van der Waals surface area contributed by atoms with E-state index in [4.69, 9.17) is 16.1 Å². The number of carbonyl (C=O) groups excluding carboxylic acids is 1. The lowest BCUT2D eigenvalue weighted by Gasteiger charge is -2.16. The van der Waals surface area contributed by atoms with Gasteiger partial charge < -0.3 is 9.42 Å². The van der Waals surface area contributed by atoms with Gasteiger partial charge >= 0.3 is 0 Å². The lowest BCUT2D eigenvalue weighted by molar-refractivity contribution is 0.0787. The molecule has 138 valence electrons. The molecule has 1 aliphatic heterocycles. The molecule has 1 unspecified atom stereocenters. The number of rotatable bonds is 4. The van der Waals surface area contributed by atoms with Crippen molar-refractivity contribution in [3.05, 3.63) is 76.4 Å². The Labute approximate surface area is 163 Å². The fourth-order valence-corrected chi connectivity index (χ4v) is 3.74. The molecule has 1 amide bonds. The second kappa shape index (κ2) is 7.57. The van der Waals surface area contributed by atoms with Crippen LogP contribution in [-0.2, 0) is 6.42 Å². The molecule has 0 aliphatic carbocycles. The highest BCUT2D eigenvalue weighted by Gasteiger charge is 2.30. The maximum atomic E-state index is 13.0. The maximum Gasteiger partial charge on any atom is 0.259 e. The SMILES string of the molecule is Cc1ccc(-c2oncc2C(=O)N2CCC(Cc3ccc(Cl)cc3)C2)cc1. The average molecular weight is 381 g/mol. The highest BCUT2D eigenvalue weighted by molar-refractivity contribution is 6.30. The molecule has 0 N–H and O–H groups in total. The summed E-state index contributed by atoms with van der Waals surface area (Å²) in [4.78, 5) is 14.9. The van der Waals surface area contributed by atoms with Crippen molar-refractivity contribution in [1.29, 1.82) is 0 Å². The van der Waals surface area contributed by atoms with Crippen molar-refractivity contribution in [2.45, 2.75) is 19.8 Å². The maximum absolute atomic E-state index is 13.0. The van der Waals surface area contributed by atoms with Crippen molar-refractivity contribution in [3.63, 3.8) is 0 Å². The van der Waals surface area contributed by atoms with E-state index in [9.17, 15) is 4.79 Å². The molecule has 1 saturated heterocycles. The van der Waals surface area contributed by atoms with Crippen LogP contribution in [0, 0.1) is 12.8 Å². The molecular weight excluding hydrogens is 360 g/mol. The molecule has 4 nitrogen and oxygen atoms in total. The van der Waals surface area contributed by atoms with E-state index >= 15 is 0 Å². The van der Waals surface area contributed by atoms with Crippen LogP contribution in [0.4, 0.5) is 0 Å². The number of benzene rings is 2. The van der Waals surface area contributed by atoms with Crippen molar-refractivity contribution in [2.24, 2.45) is 5.92 Å². The summed E-state index contributed by atoms with van der Waals surface area (Å²) < 4.78 is 5.39. The van der Waals surface area contributed by atoms with E-state index in [-0.39, 0.29) is 5.91 Å². The fraction of sp³-hybridized carbons (Fsp3) is 0.273. The number of likely N-dealkylation sites (tertiary alicyclic amines) is 1. The van der Waals surface area contributed by atoms with E-state index in [1.54, 1.807) is 0 Å². The average Bonchev–Trinajstić information content (AvgIpc) is 3.33. The first-order valence-corrected chi connectivity index (χ1v) is 9.53. The van der Waals surface area contributed by atoms with Crippen molar-refractivity contribution < 1.29 is 9.32 Å². The molecule has 1 atom stereocenters. The molecular formula is C22H21ClN2O2. The van der Waals surface area contributed by atoms with Gasteiger partial charge in [-0.15, -0.1) is 0 Å². The topological polar surface area (TPSA) is 46.3 Å². The first kappa shape index (κ1) is 17.8. The summed E-state index contributed by atoms with van der Waals surface area (Å²) in [6, 6.07) is 15.9. The quantitative estimate of drug-likeness (QED) is 0.639. The minimum Gasteiger partial charge on any atom is -0.355 e. The minimum absolute atomic E-state index is 0.00886. The van der Waals surface area contributed by atoms with Crippen LogP contribution in [-0.4, -0.2) is 29.1 Å². The molecule has 1 aromatic heterocycles. The minimum atomic E-state index is -0.00886. The predicted molar refractivity (Wildman–Crippen MR) is 106 cm³/mol. The van der Waals surface area contributed by atoms with Crippen LogP contribution in [0.1, 0.15) is 27.9 Å².